The van der Waals surface area contributed by atoms with E-state index >= 15 is 0 Å². The minimum atomic E-state index is -0.584. The molecule has 156 valence electrons. The van der Waals surface area contributed by atoms with Crippen LogP contribution < -0.4 is 10.4 Å². The van der Waals surface area contributed by atoms with Crippen molar-refractivity contribution in [3.63, 3.8) is 0 Å². The van der Waals surface area contributed by atoms with E-state index < -0.39 is 6.10 Å². The highest BCUT2D eigenvalue weighted by molar-refractivity contribution is 5.88. The SMILES string of the molecule is CCc1cc(=O)oc2cc(C)cc(OC(C)C(=O)N3CC(N4CCCCC4)C3)c12. The van der Waals surface area contributed by atoms with Gasteiger partial charge in [0, 0.05) is 25.2 Å². The van der Waals surface area contributed by atoms with Gasteiger partial charge in [-0.05, 0) is 69.5 Å². The standard InChI is InChI=1S/C23H30N2O4/c1-4-17-12-21(26)29-20-11-15(2)10-19(22(17)20)28-16(3)23(27)25-13-18(14-25)24-8-6-5-7-9-24/h10-12,16,18H,4-9,13-14H2,1-3H3. The molecule has 2 aliphatic rings. The van der Waals surface area contributed by atoms with Crippen LogP contribution in [0, 0.1) is 6.92 Å². The molecule has 29 heavy (non-hydrogen) atoms. The third-order valence-corrected chi connectivity index (χ3v) is 6.15. The molecule has 2 aliphatic heterocycles. The fourth-order valence-corrected chi connectivity index (χ4v) is 4.49. The van der Waals surface area contributed by atoms with Gasteiger partial charge in [0.25, 0.3) is 5.91 Å². The summed E-state index contributed by atoms with van der Waals surface area (Å²) in [5, 5.41) is 0.784. The van der Waals surface area contributed by atoms with Gasteiger partial charge in [-0.15, -0.1) is 0 Å². The summed E-state index contributed by atoms with van der Waals surface area (Å²) in [4.78, 5) is 29.1. The first-order valence-electron chi connectivity index (χ1n) is 10.7. The Morgan fingerprint density at radius 2 is 1.93 bits per heavy atom. The molecule has 0 radical (unpaired) electrons. The number of carbonyl (C=O) groups excluding carboxylic acids is 1. The van der Waals surface area contributed by atoms with Crippen LogP contribution in [0.5, 0.6) is 5.75 Å². The van der Waals surface area contributed by atoms with Crippen LogP contribution in [0.2, 0.25) is 0 Å². The van der Waals surface area contributed by atoms with Crippen molar-refractivity contribution < 1.29 is 13.9 Å². The van der Waals surface area contributed by atoms with Crippen molar-refractivity contribution in [2.75, 3.05) is 26.2 Å². The number of rotatable bonds is 5. The molecule has 3 heterocycles. The van der Waals surface area contributed by atoms with Gasteiger partial charge >= 0.3 is 5.63 Å². The molecule has 2 aromatic rings. The summed E-state index contributed by atoms with van der Waals surface area (Å²) in [6.07, 6.45) is 3.95. The lowest BCUT2D eigenvalue weighted by molar-refractivity contribution is -0.145. The molecule has 0 N–H and O–H groups in total. The van der Waals surface area contributed by atoms with Crippen LogP contribution in [0.3, 0.4) is 0 Å². The average Bonchev–Trinajstić information content (AvgIpc) is 2.66. The van der Waals surface area contributed by atoms with E-state index in [1.54, 1.807) is 6.92 Å². The molecule has 4 rings (SSSR count). The van der Waals surface area contributed by atoms with Gasteiger partial charge in [0.05, 0.1) is 5.39 Å². The highest BCUT2D eigenvalue weighted by atomic mass is 16.5. The van der Waals surface area contributed by atoms with E-state index in [4.69, 9.17) is 9.15 Å². The molecular weight excluding hydrogens is 368 g/mol. The van der Waals surface area contributed by atoms with Gasteiger partial charge in [0.1, 0.15) is 11.3 Å². The third-order valence-electron chi connectivity index (χ3n) is 6.15. The Bertz CT molecular complexity index is 955. The lowest BCUT2D eigenvalue weighted by Crippen LogP contribution is -2.63. The first-order valence-corrected chi connectivity index (χ1v) is 10.7. The number of aryl methyl sites for hydroxylation is 2. The van der Waals surface area contributed by atoms with E-state index in [1.165, 1.54) is 25.3 Å². The van der Waals surface area contributed by atoms with Gasteiger partial charge in [-0.3, -0.25) is 9.69 Å². The highest BCUT2D eigenvalue weighted by Gasteiger charge is 2.37. The maximum absolute atomic E-state index is 12.9. The molecular formula is C23H30N2O4. The van der Waals surface area contributed by atoms with Gasteiger partial charge in [-0.2, -0.15) is 0 Å². The fraction of sp³-hybridized carbons (Fsp3) is 0.565. The van der Waals surface area contributed by atoms with Crippen molar-refractivity contribution in [3.8, 4) is 5.75 Å². The Morgan fingerprint density at radius 1 is 1.21 bits per heavy atom. The zero-order valence-electron chi connectivity index (χ0n) is 17.6. The number of carbonyl (C=O) groups is 1. The summed E-state index contributed by atoms with van der Waals surface area (Å²) in [7, 11) is 0. The van der Waals surface area contributed by atoms with Crippen molar-refractivity contribution >= 4 is 16.9 Å². The second-order valence-electron chi connectivity index (χ2n) is 8.33. The van der Waals surface area contributed by atoms with Gasteiger partial charge in [-0.1, -0.05) is 13.3 Å². The van der Waals surface area contributed by atoms with Crippen LogP contribution in [-0.4, -0.2) is 54.0 Å². The summed E-state index contributed by atoms with van der Waals surface area (Å²) in [6, 6.07) is 5.76. The minimum absolute atomic E-state index is 0.0170. The molecule has 2 saturated heterocycles. The number of piperidine rings is 1. The molecule has 1 aromatic heterocycles. The topological polar surface area (TPSA) is 63.0 Å². The van der Waals surface area contributed by atoms with Crippen LogP contribution >= 0.6 is 0 Å². The number of hydrogen-bond acceptors (Lipinski definition) is 5. The Labute approximate surface area is 171 Å². The number of ether oxygens (including phenoxy) is 1. The maximum atomic E-state index is 12.9. The molecule has 1 aromatic carbocycles. The molecule has 0 saturated carbocycles. The zero-order chi connectivity index (χ0) is 20.5. The smallest absolute Gasteiger partial charge is 0.336 e. The molecule has 1 unspecified atom stereocenters. The van der Waals surface area contributed by atoms with Crippen LogP contribution in [0.25, 0.3) is 11.0 Å². The van der Waals surface area contributed by atoms with Gasteiger partial charge in [0.15, 0.2) is 6.10 Å². The van der Waals surface area contributed by atoms with E-state index in [0.717, 1.165) is 42.7 Å². The second kappa shape index (κ2) is 8.19. The fourth-order valence-electron chi connectivity index (χ4n) is 4.49. The lowest BCUT2D eigenvalue weighted by Gasteiger charge is -2.47. The van der Waals surface area contributed by atoms with Crippen molar-refractivity contribution in [3.05, 3.63) is 39.7 Å². The minimum Gasteiger partial charge on any atom is -0.480 e. The predicted molar refractivity (Wildman–Crippen MR) is 112 cm³/mol. The Hall–Kier alpha value is -2.34. The lowest BCUT2D eigenvalue weighted by atomic mass is 10.0. The summed E-state index contributed by atoms with van der Waals surface area (Å²) in [5.41, 5.74) is 1.95. The van der Waals surface area contributed by atoms with Crippen LogP contribution in [0.4, 0.5) is 0 Å². The number of likely N-dealkylation sites (tertiary alicyclic amines) is 2. The summed E-state index contributed by atoms with van der Waals surface area (Å²) in [5.74, 6) is 0.623. The van der Waals surface area contributed by atoms with Crippen LogP contribution in [0.15, 0.2) is 27.4 Å². The number of amides is 1. The van der Waals surface area contributed by atoms with Gasteiger partial charge in [-0.25, -0.2) is 4.79 Å². The van der Waals surface area contributed by atoms with Crippen molar-refractivity contribution in [1.82, 2.24) is 9.80 Å². The van der Waals surface area contributed by atoms with E-state index in [0.29, 0.717) is 23.8 Å². The van der Waals surface area contributed by atoms with Crippen LogP contribution in [-0.2, 0) is 11.2 Å². The van der Waals surface area contributed by atoms with E-state index in [9.17, 15) is 9.59 Å². The average molecular weight is 399 g/mol. The number of fused-ring (bicyclic) bond motifs is 1. The molecule has 6 nitrogen and oxygen atoms in total. The molecule has 6 heteroatoms. The van der Waals surface area contributed by atoms with E-state index in [2.05, 4.69) is 4.90 Å². The number of benzene rings is 1. The Balaban J connectivity index is 1.48. The Morgan fingerprint density at radius 3 is 2.62 bits per heavy atom. The summed E-state index contributed by atoms with van der Waals surface area (Å²) < 4.78 is 11.5. The third kappa shape index (κ3) is 4.04. The molecule has 1 amide bonds. The van der Waals surface area contributed by atoms with E-state index in [1.807, 2.05) is 30.9 Å². The van der Waals surface area contributed by atoms with Crippen LogP contribution in [0.1, 0.15) is 44.2 Å². The van der Waals surface area contributed by atoms with Gasteiger partial charge in [0.2, 0.25) is 0 Å². The van der Waals surface area contributed by atoms with E-state index in [-0.39, 0.29) is 11.5 Å². The normalized spacial score (nSPS) is 19.2. The van der Waals surface area contributed by atoms with Crippen molar-refractivity contribution in [2.24, 2.45) is 0 Å². The highest BCUT2D eigenvalue weighted by Crippen LogP contribution is 2.31. The maximum Gasteiger partial charge on any atom is 0.336 e. The largest absolute Gasteiger partial charge is 0.480 e. The second-order valence-corrected chi connectivity index (χ2v) is 8.33. The number of hydrogen-bond donors (Lipinski definition) is 0. The number of nitrogens with zero attached hydrogens (tertiary/aromatic N) is 2. The summed E-state index contributed by atoms with van der Waals surface area (Å²) >= 11 is 0. The van der Waals surface area contributed by atoms with Crippen molar-refractivity contribution in [1.29, 1.82) is 0 Å². The molecule has 0 aliphatic carbocycles. The molecule has 0 bridgehead atoms. The first-order chi connectivity index (χ1) is 14.0. The monoisotopic (exact) mass is 398 g/mol. The molecule has 0 spiro atoms. The quantitative estimate of drug-likeness (QED) is 0.724. The Kier molecular flexibility index (Phi) is 5.63. The summed E-state index contributed by atoms with van der Waals surface area (Å²) in [6.45, 7) is 9.60. The molecule has 1 atom stereocenters. The predicted octanol–water partition coefficient (Wildman–Crippen LogP) is 3.13. The van der Waals surface area contributed by atoms with Gasteiger partial charge < -0.3 is 14.1 Å². The zero-order valence-corrected chi connectivity index (χ0v) is 17.6. The van der Waals surface area contributed by atoms with Crippen molar-refractivity contribution in [2.45, 2.75) is 58.6 Å². The first kappa shape index (κ1) is 20.0. The molecule has 2 fully saturated rings.